The van der Waals surface area contributed by atoms with Crippen molar-refractivity contribution in [2.45, 2.75) is 12.8 Å². The highest BCUT2D eigenvalue weighted by molar-refractivity contribution is 6.35. The summed E-state index contributed by atoms with van der Waals surface area (Å²) in [4.78, 5) is 36.2. The molecule has 1 saturated heterocycles. The summed E-state index contributed by atoms with van der Waals surface area (Å²) in [5, 5.41) is 8.38. The summed E-state index contributed by atoms with van der Waals surface area (Å²) in [7, 11) is 0. The van der Waals surface area contributed by atoms with E-state index in [1.807, 2.05) is 0 Å². The van der Waals surface area contributed by atoms with Crippen molar-refractivity contribution >= 4 is 17.7 Å². The zero-order valence-electron chi connectivity index (χ0n) is 10.9. The predicted molar refractivity (Wildman–Crippen MR) is 68.2 cm³/mol. The number of hydrogen-bond donors (Lipinski definition) is 3. The van der Waals surface area contributed by atoms with Gasteiger partial charge in [-0.3, -0.25) is 14.4 Å². The van der Waals surface area contributed by atoms with Gasteiger partial charge in [-0.15, -0.1) is 0 Å². The first-order valence-electron chi connectivity index (χ1n) is 6.74. The lowest BCUT2D eigenvalue weighted by Crippen LogP contribution is -2.51. The summed E-state index contributed by atoms with van der Waals surface area (Å²) >= 11 is 0. The predicted octanol–water partition coefficient (Wildman–Crippen LogP) is -1.94. The van der Waals surface area contributed by atoms with Crippen LogP contribution >= 0.6 is 0 Å². The molecular weight excluding hydrogens is 248 g/mol. The van der Waals surface area contributed by atoms with Crippen LogP contribution in [0.25, 0.3) is 0 Å². The molecule has 2 rings (SSSR count). The minimum Gasteiger partial charge on any atom is -0.354 e. The number of rotatable bonds is 4. The third-order valence-corrected chi connectivity index (χ3v) is 3.26. The Hall–Kier alpha value is -1.63. The molecule has 1 aliphatic heterocycles. The highest BCUT2D eigenvalue weighted by atomic mass is 16.2. The van der Waals surface area contributed by atoms with Gasteiger partial charge in [0.1, 0.15) is 0 Å². The Morgan fingerprint density at radius 2 is 1.68 bits per heavy atom. The smallest absolute Gasteiger partial charge is 0.311 e. The molecule has 0 atom stereocenters. The van der Waals surface area contributed by atoms with Crippen LogP contribution in [0.2, 0.25) is 0 Å². The van der Waals surface area contributed by atoms with E-state index in [1.54, 1.807) is 0 Å². The molecule has 0 aromatic carbocycles. The molecule has 1 saturated carbocycles. The number of piperazine rings is 1. The van der Waals surface area contributed by atoms with E-state index in [0.717, 1.165) is 25.9 Å². The summed E-state index contributed by atoms with van der Waals surface area (Å²) in [6, 6.07) is 0. The van der Waals surface area contributed by atoms with Gasteiger partial charge in [-0.25, -0.2) is 0 Å². The lowest BCUT2D eigenvalue weighted by atomic mass is 10.3. The van der Waals surface area contributed by atoms with Gasteiger partial charge < -0.3 is 20.9 Å². The molecule has 106 valence electrons. The Kier molecular flexibility index (Phi) is 4.73. The Morgan fingerprint density at radius 3 is 2.32 bits per heavy atom. The monoisotopic (exact) mass is 268 g/mol. The second-order valence-electron chi connectivity index (χ2n) is 4.86. The van der Waals surface area contributed by atoms with E-state index < -0.39 is 11.8 Å². The van der Waals surface area contributed by atoms with Crippen LogP contribution < -0.4 is 16.0 Å². The molecule has 0 unspecified atom stereocenters. The highest BCUT2D eigenvalue weighted by Gasteiger charge is 2.29. The van der Waals surface area contributed by atoms with Crippen molar-refractivity contribution in [2.75, 3.05) is 39.3 Å². The minimum atomic E-state index is -0.595. The van der Waals surface area contributed by atoms with Crippen LogP contribution in [0, 0.1) is 5.92 Å². The molecule has 0 spiro atoms. The van der Waals surface area contributed by atoms with Gasteiger partial charge in [0.05, 0.1) is 0 Å². The molecule has 0 radical (unpaired) electrons. The summed E-state index contributed by atoms with van der Waals surface area (Å²) in [6.07, 6.45) is 1.92. The molecule has 7 heteroatoms. The van der Waals surface area contributed by atoms with Gasteiger partial charge >= 0.3 is 11.8 Å². The Bertz CT molecular complexity index is 362. The van der Waals surface area contributed by atoms with Crippen molar-refractivity contribution in [3.05, 3.63) is 0 Å². The number of amides is 3. The van der Waals surface area contributed by atoms with Crippen molar-refractivity contribution in [1.29, 1.82) is 0 Å². The maximum atomic E-state index is 11.7. The number of hydrogen-bond acceptors (Lipinski definition) is 4. The standard InChI is InChI=1S/C12H20N4O3/c17-10(9-1-2-9)14-3-4-15-11(18)12(19)16-7-5-13-6-8-16/h9,13H,1-8H2,(H,14,17)(H,15,18). The molecule has 0 bridgehead atoms. The van der Waals surface area contributed by atoms with Crippen molar-refractivity contribution in [2.24, 2.45) is 5.92 Å². The molecule has 1 heterocycles. The van der Waals surface area contributed by atoms with E-state index in [2.05, 4.69) is 16.0 Å². The molecule has 0 aromatic heterocycles. The van der Waals surface area contributed by atoms with Crippen LogP contribution in [0.15, 0.2) is 0 Å². The molecule has 19 heavy (non-hydrogen) atoms. The van der Waals surface area contributed by atoms with Crippen molar-refractivity contribution < 1.29 is 14.4 Å². The third-order valence-electron chi connectivity index (χ3n) is 3.26. The zero-order chi connectivity index (χ0) is 13.7. The Morgan fingerprint density at radius 1 is 1.05 bits per heavy atom. The van der Waals surface area contributed by atoms with Gasteiger partial charge in [0, 0.05) is 45.2 Å². The van der Waals surface area contributed by atoms with Crippen LogP contribution in [-0.4, -0.2) is 61.9 Å². The van der Waals surface area contributed by atoms with E-state index in [-0.39, 0.29) is 18.4 Å². The maximum absolute atomic E-state index is 11.7. The molecule has 2 aliphatic rings. The first kappa shape index (κ1) is 13.8. The van der Waals surface area contributed by atoms with Gasteiger partial charge in [-0.1, -0.05) is 0 Å². The van der Waals surface area contributed by atoms with E-state index in [4.69, 9.17) is 0 Å². The lowest BCUT2D eigenvalue weighted by molar-refractivity contribution is -0.146. The first-order chi connectivity index (χ1) is 9.18. The number of nitrogens with one attached hydrogen (secondary N) is 3. The fraction of sp³-hybridized carbons (Fsp3) is 0.750. The van der Waals surface area contributed by atoms with Gasteiger partial charge in [-0.2, -0.15) is 0 Å². The van der Waals surface area contributed by atoms with Crippen LogP contribution in [0.3, 0.4) is 0 Å². The van der Waals surface area contributed by atoms with Gasteiger partial charge in [0.2, 0.25) is 5.91 Å². The lowest BCUT2D eigenvalue weighted by Gasteiger charge is -2.26. The van der Waals surface area contributed by atoms with E-state index in [9.17, 15) is 14.4 Å². The Balaban J connectivity index is 1.60. The molecule has 1 aliphatic carbocycles. The fourth-order valence-corrected chi connectivity index (χ4v) is 1.94. The van der Waals surface area contributed by atoms with Crippen LogP contribution in [0.4, 0.5) is 0 Å². The first-order valence-corrected chi connectivity index (χ1v) is 6.74. The van der Waals surface area contributed by atoms with E-state index >= 15 is 0 Å². The third kappa shape index (κ3) is 4.20. The minimum absolute atomic E-state index is 0.0441. The normalized spacial score (nSPS) is 18.8. The second-order valence-corrected chi connectivity index (χ2v) is 4.86. The molecule has 3 N–H and O–H groups in total. The number of nitrogens with zero attached hydrogens (tertiary/aromatic N) is 1. The topological polar surface area (TPSA) is 90.5 Å². The molecular formula is C12H20N4O3. The second kappa shape index (κ2) is 6.51. The number of carbonyl (C=O) groups excluding carboxylic acids is 3. The summed E-state index contributed by atoms with van der Waals surface area (Å²) in [6.45, 7) is 3.22. The zero-order valence-corrected chi connectivity index (χ0v) is 10.9. The average molecular weight is 268 g/mol. The Labute approximate surface area is 112 Å². The molecule has 0 aromatic rings. The van der Waals surface area contributed by atoms with E-state index in [0.29, 0.717) is 19.6 Å². The average Bonchev–Trinajstić information content (AvgIpc) is 3.27. The fourth-order valence-electron chi connectivity index (χ4n) is 1.94. The quantitative estimate of drug-likeness (QED) is 0.409. The van der Waals surface area contributed by atoms with Gasteiger partial charge in [-0.05, 0) is 12.8 Å². The highest BCUT2D eigenvalue weighted by Crippen LogP contribution is 2.28. The number of carbonyl (C=O) groups is 3. The van der Waals surface area contributed by atoms with Crippen molar-refractivity contribution in [3.8, 4) is 0 Å². The summed E-state index contributed by atoms with van der Waals surface area (Å²) in [5.41, 5.74) is 0. The van der Waals surface area contributed by atoms with Crippen LogP contribution in [0.1, 0.15) is 12.8 Å². The summed E-state index contributed by atoms with van der Waals surface area (Å²) in [5.74, 6) is -0.876. The van der Waals surface area contributed by atoms with Crippen LogP contribution in [-0.2, 0) is 14.4 Å². The van der Waals surface area contributed by atoms with Gasteiger partial charge in [0.25, 0.3) is 0 Å². The largest absolute Gasteiger partial charge is 0.354 e. The van der Waals surface area contributed by atoms with Gasteiger partial charge in [0.15, 0.2) is 0 Å². The molecule has 3 amide bonds. The summed E-state index contributed by atoms with van der Waals surface area (Å²) < 4.78 is 0. The SMILES string of the molecule is O=C(NCCNC(=O)C1CC1)C(=O)N1CCNCC1. The molecule has 2 fully saturated rings. The van der Waals surface area contributed by atoms with E-state index in [1.165, 1.54) is 4.90 Å². The van der Waals surface area contributed by atoms with Crippen molar-refractivity contribution in [1.82, 2.24) is 20.9 Å². The molecule has 7 nitrogen and oxygen atoms in total. The van der Waals surface area contributed by atoms with Crippen LogP contribution in [0.5, 0.6) is 0 Å². The maximum Gasteiger partial charge on any atom is 0.311 e. The van der Waals surface area contributed by atoms with Crippen molar-refractivity contribution in [3.63, 3.8) is 0 Å².